The molecule has 8 nitrogen and oxygen atoms in total. The maximum Gasteiger partial charge on any atom is 0.331 e. The number of aryl methyl sites for hydroxylation is 2. The van der Waals surface area contributed by atoms with Crippen molar-refractivity contribution in [3.63, 3.8) is 0 Å². The molecule has 0 aliphatic rings. The minimum Gasteiger partial charge on any atom is -0.460 e. The quantitative estimate of drug-likeness (QED) is 0.500. The fraction of sp³-hybridized carbons (Fsp3) is 0.143. The lowest BCUT2D eigenvalue weighted by atomic mass is 10.4. The highest BCUT2D eigenvalue weighted by Crippen LogP contribution is 2.03. The number of rotatable bonds is 4. The fourth-order valence-electron chi connectivity index (χ4n) is 1.46. The molecule has 22 heavy (non-hydrogen) atoms. The predicted molar refractivity (Wildman–Crippen MR) is 78.4 cm³/mol. The Kier molecular flexibility index (Phi) is 4.86. The molecule has 0 bridgehead atoms. The maximum absolute atomic E-state index is 11.4. The van der Waals surface area contributed by atoms with E-state index in [1.54, 1.807) is 38.1 Å². The van der Waals surface area contributed by atoms with Gasteiger partial charge in [-0.1, -0.05) is 0 Å². The minimum atomic E-state index is -0.952. The van der Waals surface area contributed by atoms with E-state index in [2.05, 4.69) is 21.1 Å². The second kappa shape index (κ2) is 7.02. The monoisotopic (exact) mass is 302 g/mol. The molecule has 2 rings (SSSR count). The molecule has 0 unspecified atom stereocenters. The van der Waals surface area contributed by atoms with Crippen molar-refractivity contribution in [1.29, 1.82) is 0 Å². The van der Waals surface area contributed by atoms with Crippen LogP contribution >= 0.6 is 0 Å². The van der Waals surface area contributed by atoms with Gasteiger partial charge in [0, 0.05) is 0 Å². The summed E-state index contributed by atoms with van der Waals surface area (Å²) in [4.78, 5) is 22.8. The van der Waals surface area contributed by atoms with Gasteiger partial charge in [-0.25, -0.2) is 10.9 Å². The summed E-state index contributed by atoms with van der Waals surface area (Å²) in [6.45, 7) is 3.56. The van der Waals surface area contributed by atoms with Crippen LogP contribution in [0.4, 0.5) is 0 Å². The first-order valence-corrected chi connectivity index (χ1v) is 6.34. The summed E-state index contributed by atoms with van der Waals surface area (Å²) in [6.07, 6.45) is 2.57. The van der Waals surface area contributed by atoms with Gasteiger partial charge in [-0.05, 0) is 38.1 Å². The average molecular weight is 302 g/mol. The highest BCUT2D eigenvalue weighted by molar-refractivity contribution is 6.35. The van der Waals surface area contributed by atoms with E-state index in [0.717, 1.165) is 0 Å². The van der Waals surface area contributed by atoms with Crippen LogP contribution in [0.1, 0.15) is 23.0 Å². The van der Waals surface area contributed by atoms with Gasteiger partial charge in [-0.15, -0.1) is 0 Å². The van der Waals surface area contributed by atoms with Crippen molar-refractivity contribution in [2.24, 2.45) is 10.2 Å². The summed E-state index contributed by atoms with van der Waals surface area (Å²) >= 11 is 0. The first-order chi connectivity index (χ1) is 10.5. The largest absolute Gasteiger partial charge is 0.460 e. The summed E-state index contributed by atoms with van der Waals surface area (Å²) in [6, 6.07) is 6.86. The lowest BCUT2D eigenvalue weighted by Gasteiger charge is -1.96. The summed E-state index contributed by atoms with van der Waals surface area (Å²) in [7, 11) is 0. The second-order valence-electron chi connectivity index (χ2n) is 4.30. The van der Waals surface area contributed by atoms with Gasteiger partial charge in [0.2, 0.25) is 0 Å². The van der Waals surface area contributed by atoms with E-state index in [0.29, 0.717) is 23.0 Å². The molecule has 0 saturated heterocycles. The molecule has 0 atom stereocenters. The van der Waals surface area contributed by atoms with Crippen LogP contribution in [0, 0.1) is 13.8 Å². The minimum absolute atomic E-state index is 0.462. The van der Waals surface area contributed by atoms with E-state index >= 15 is 0 Å². The molecule has 2 aromatic rings. The molecule has 0 aliphatic carbocycles. The van der Waals surface area contributed by atoms with Crippen LogP contribution in [0.2, 0.25) is 0 Å². The Morgan fingerprint density at radius 1 is 0.864 bits per heavy atom. The first-order valence-electron chi connectivity index (χ1n) is 6.34. The molecule has 0 aromatic carbocycles. The molecular weight excluding hydrogens is 288 g/mol. The third kappa shape index (κ3) is 4.44. The van der Waals surface area contributed by atoms with Crippen LogP contribution in [0.15, 0.2) is 43.3 Å². The molecule has 2 aromatic heterocycles. The van der Waals surface area contributed by atoms with Gasteiger partial charge in [-0.2, -0.15) is 10.2 Å². The van der Waals surface area contributed by atoms with Crippen LogP contribution in [-0.4, -0.2) is 24.2 Å². The Hall–Kier alpha value is -3.16. The first kappa shape index (κ1) is 15.2. The van der Waals surface area contributed by atoms with Crippen LogP contribution in [0.3, 0.4) is 0 Å². The van der Waals surface area contributed by atoms with Crippen molar-refractivity contribution in [2.45, 2.75) is 13.8 Å². The zero-order valence-corrected chi connectivity index (χ0v) is 12.0. The molecule has 114 valence electrons. The molecule has 2 heterocycles. The molecule has 0 radical (unpaired) electrons. The smallest absolute Gasteiger partial charge is 0.331 e. The van der Waals surface area contributed by atoms with E-state index in [1.165, 1.54) is 12.4 Å². The van der Waals surface area contributed by atoms with Crippen molar-refractivity contribution in [2.75, 3.05) is 0 Å². The summed E-state index contributed by atoms with van der Waals surface area (Å²) in [5.41, 5.74) is 4.11. The van der Waals surface area contributed by atoms with E-state index in [9.17, 15) is 9.59 Å². The third-order valence-corrected chi connectivity index (χ3v) is 2.44. The van der Waals surface area contributed by atoms with Crippen LogP contribution in [0.25, 0.3) is 0 Å². The van der Waals surface area contributed by atoms with Crippen molar-refractivity contribution < 1.29 is 18.4 Å². The zero-order chi connectivity index (χ0) is 15.9. The Bertz CT molecular complexity index is 665. The number of hydrogen-bond donors (Lipinski definition) is 2. The van der Waals surface area contributed by atoms with E-state index in [1.807, 2.05) is 0 Å². The highest BCUT2D eigenvalue weighted by atomic mass is 16.3. The Morgan fingerprint density at radius 2 is 1.27 bits per heavy atom. The molecule has 0 spiro atoms. The standard InChI is InChI=1S/C14H14N4O4/c1-9-3-5-11(21-9)7-15-17-13(19)14(20)18-16-8-12-6-4-10(2)22-12/h3-8H,1-2H3,(H,17,19)(H,18,20)/b15-7-,16-8-. The average Bonchev–Trinajstić information content (AvgIpc) is 3.07. The summed E-state index contributed by atoms with van der Waals surface area (Å²) in [5, 5.41) is 7.19. The van der Waals surface area contributed by atoms with Crippen molar-refractivity contribution in [3.8, 4) is 0 Å². The van der Waals surface area contributed by atoms with Crippen LogP contribution in [-0.2, 0) is 9.59 Å². The topological polar surface area (TPSA) is 109 Å². The fourth-order valence-corrected chi connectivity index (χ4v) is 1.46. The number of hydrogen-bond acceptors (Lipinski definition) is 6. The number of nitrogens with one attached hydrogen (secondary N) is 2. The third-order valence-electron chi connectivity index (χ3n) is 2.44. The van der Waals surface area contributed by atoms with Gasteiger partial charge in [-0.3, -0.25) is 9.59 Å². The lowest BCUT2D eigenvalue weighted by Crippen LogP contribution is -2.35. The Labute approximate surface area is 125 Å². The van der Waals surface area contributed by atoms with Gasteiger partial charge in [0.25, 0.3) is 0 Å². The normalized spacial score (nSPS) is 11.2. The summed E-state index contributed by atoms with van der Waals surface area (Å²) in [5.74, 6) is 0.453. The Balaban J connectivity index is 1.78. The number of hydrazone groups is 2. The van der Waals surface area contributed by atoms with Gasteiger partial charge < -0.3 is 8.83 Å². The molecule has 0 saturated carbocycles. The van der Waals surface area contributed by atoms with Crippen LogP contribution in [0.5, 0.6) is 0 Å². The lowest BCUT2D eigenvalue weighted by molar-refractivity contribution is -0.139. The molecule has 0 aliphatic heterocycles. The molecule has 2 amide bonds. The van der Waals surface area contributed by atoms with E-state index in [4.69, 9.17) is 8.83 Å². The number of furan rings is 2. The number of carbonyl (C=O) groups excluding carboxylic acids is 2. The van der Waals surface area contributed by atoms with E-state index in [-0.39, 0.29) is 0 Å². The van der Waals surface area contributed by atoms with Gasteiger partial charge in [0.15, 0.2) is 0 Å². The van der Waals surface area contributed by atoms with Crippen molar-refractivity contribution >= 4 is 24.2 Å². The zero-order valence-electron chi connectivity index (χ0n) is 12.0. The van der Waals surface area contributed by atoms with Crippen molar-refractivity contribution in [1.82, 2.24) is 10.9 Å². The molecule has 8 heteroatoms. The molecule has 2 N–H and O–H groups in total. The number of amides is 2. The van der Waals surface area contributed by atoms with Gasteiger partial charge in [0.05, 0.1) is 12.4 Å². The number of carbonyl (C=O) groups is 2. The number of nitrogens with zero attached hydrogens (tertiary/aromatic N) is 2. The predicted octanol–water partition coefficient (Wildman–Crippen LogP) is 1.09. The molecular formula is C14H14N4O4. The van der Waals surface area contributed by atoms with Gasteiger partial charge in [0.1, 0.15) is 23.0 Å². The summed E-state index contributed by atoms with van der Waals surface area (Å²) < 4.78 is 10.4. The maximum atomic E-state index is 11.4. The SMILES string of the molecule is Cc1ccc(/C=N\NC(=O)C(=O)N/N=C\c2ccc(C)o2)o1. The van der Waals surface area contributed by atoms with Gasteiger partial charge >= 0.3 is 11.8 Å². The Morgan fingerprint density at radius 3 is 1.59 bits per heavy atom. The molecule has 0 fully saturated rings. The second-order valence-corrected chi connectivity index (χ2v) is 4.30. The van der Waals surface area contributed by atoms with Crippen LogP contribution < -0.4 is 10.9 Å². The van der Waals surface area contributed by atoms with E-state index < -0.39 is 11.8 Å². The van der Waals surface area contributed by atoms with Crippen molar-refractivity contribution in [3.05, 3.63) is 47.3 Å². The highest BCUT2D eigenvalue weighted by Gasteiger charge is 2.11.